The van der Waals surface area contributed by atoms with Gasteiger partial charge in [-0.05, 0) is 30.7 Å². The summed E-state index contributed by atoms with van der Waals surface area (Å²) in [4.78, 5) is 0. The smallest absolute Gasteiger partial charge is 0.228 e. The average molecular weight is 311 g/mol. The summed E-state index contributed by atoms with van der Waals surface area (Å²) in [5.41, 5.74) is 8.11. The normalized spacial score (nSPS) is 12.6. The molecule has 0 saturated carbocycles. The third kappa shape index (κ3) is 1.21. The van der Waals surface area contributed by atoms with E-state index in [0.717, 1.165) is 11.2 Å². The molecule has 0 fully saturated rings. The van der Waals surface area contributed by atoms with Gasteiger partial charge in [-0.25, -0.2) is 4.57 Å². The van der Waals surface area contributed by atoms with Crippen LogP contribution in [0.25, 0.3) is 49.4 Å². The molecule has 24 heavy (non-hydrogen) atoms. The maximum atomic E-state index is 6.30. The molecule has 0 N–H and O–H groups in total. The molecule has 0 aliphatic carbocycles. The van der Waals surface area contributed by atoms with Gasteiger partial charge in [0.1, 0.15) is 23.5 Å². The Morgan fingerprint density at radius 2 is 1.75 bits per heavy atom. The highest BCUT2D eigenvalue weighted by molar-refractivity contribution is 6.25. The van der Waals surface area contributed by atoms with Gasteiger partial charge in [0.2, 0.25) is 5.52 Å². The number of fused-ring (bicyclic) bond motifs is 6. The van der Waals surface area contributed by atoms with Crippen molar-refractivity contribution < 1.29 is 8.98 Å². The van der Waals surface area contributed by atoms with Crippen LogP contribution in [0.5, 0.6) is 0 Å². The van der Waals surface area contributed by atoms with Crippen LogP contribution in [0.3, 0.4) is 0 Å². The van der Waals surface area contributed by atoms with Crippen molar-refractivity contribution in [1.82, 2.24) is 4.40 Å². The Kier molecular flexibility index (Phi) is 2.00. The van der Waals surface area contributed by atoms with Gasteiger partial charge in [0.15, 0.2) is 11.8 Å². The molecule has 0 aliphatic heterocycles. The highest BCUT2D eigenvalue weighted by Crippen LogP contribution is 2.42. The number of pyridine rings is 2. The molecule has 6 aromatic rings. The number of aromatic nitrogens is 2. The molecule has 0 aliphatic rings. The molecule has 2 aromatic carbocycles. The fraction of sp³-hybridized carbons (Fsp3) is 0.0952. The monoisotopic (exact) mass is 311 g/mol. The Labute approximate surface area is 137 Å². The van der Waals surface area contributed by atoms with Crippen LogP contribution >= 0.6 is 0 Å². The van der Waals surface area contributed by atoms with E-state index in [9.17, 15) is 0 Å². The van der Waals surface area contributed by atoms with E-state index < -0.39 is 0 Å². The van der Waals surface area contributed by atoms with Gasteiger partial charge in [-0.3, -0.25) is 0 Å². The van der Waals surface area contributed by atoms with Crippen LogP contribution in [0.1, 0.15) is 5.56 Å². The third-order valence-corrected chi connectivity index (χ3v) is 5.29. The first-order valence-corrected chi connectivity index (χ1v) is 8.20. The molecule has 0 atom stereocenters. The van der Waals surface area contributed by atoms with Crippen LogP contribution in [0.2, 0.25) is 0 Å². The zero-order valence-electron chi connectivity index (χ0n) is 13.5. The molecule has 4 aromatic heterocycles. The van der Waals surface area contributed by atoms with Crippen molar-refractivity contribution in [3.8, 4) is 0 Å². The van der Waals surface area contributed by atoms with Crippen LogP contribution < -0.4 is 4.57 Å². The topological polar surface area (TPSA) is 21.4 Å². The van der Waals surface area contributed by atoms with Gasteiger partial charge < -0.3 is 8.82 Å². The van der Waals surface area contributed by atoms with Crippen molar-refractivity contribution in [1.29, 1.82) is 0 Å². The molecule has 0 amide bonds. The second kappa shape index (κ2) is 3.88. The summed E-state index contributed by atoms with van der Waals surface area (Å²) < 4.78 is 10.9. The minimum atomic E-state index is 0.960. The van der Waals surface area contributed by atoms with Crippen LogP contribution in [-0.4, -0.2) is 4.40 Å². The number of hydrogen-bond donors (Lipinski definition) is 0. The maximum Gasteiger partial charge on any atom is 0.228 e. The zero-order chi connectivity index (χ0) is 16.0. The van der Waals surface area contributed by atoms with E-state index in [1.54, 1.807) is 0 Å². The summed E-state index contributed by atoms with van der Waals surface area (Å²) in [7, 11) is 2.11. The number of nitrogens with zero attached hydrogens (tertiary/aromatic N) is 2. The van der Waals surface area contributed by atoms with E-state index in [1.165, 1.54) is 43.8 Å². The van der Waals surface area contributed by atoms with Gasteiger partial charge in [0.25, 0.3) is 0 Å². The molecule has 3 heteroatoms. The van der Waals surface area contributed by atoms with E-state index in [1.807, 2.05) is 0 Å². The minimum absolute atomic E-state index is 0.960. The van der Waals surface area contributed by atoms with Gasteiger partial charge in [0, 0.05) is 11.5 Å². The predicted molar refractivity (Wildman–Crippen MR) is 96.8 cm³/mol. The second-order valence-electron chi connectivity index (χ2n) is 6.62. The first-order chi connectivity index (χ1) is 11.8. The number of rotatable bonds is 0. The standard InChI is InChI=1S/C21H15N2O/c1-12-6-5-9-15-17(12)19-18-16(10-11-22(19)2)24-21-13-7-3-4-8-14(13)23(15)20(18)21/h3-11H,1-2H3/q+1. The molecule has 0 radical (unpaired) electrons. The molecule has 0 unspecified atom stereocenters. The molecule has 0 saturated heterocycles. The molecular weight excluding hydrogens is 296 g/mol. The fourth-order valence-electron chi connectivity index (χ4n) is 4.29. The summed E-state index contributed by atoms with van der Waals surface area (Å²) in [6, 6.07) is 17.1. The lowest BCUT2D eigenvalue weighted by molar-refractivity contribution is -0.643. The molecule has 0 bridgehead atoms. The number of furan rings is 1. The zero-order valence-corrected chi connectivity index (χ0v) is 13.5. The first-order valence-electron chi connectivity index (χ1n) is 8.20. The highest BCUT2D eigenvalue weighted by atomic mass is 16.3. The lowest BCUT2D eigenvalue weighted by Crippen LogP contribution is -2.28. The van der Waals surface area contributed by atoms with E-state index in [-0.39, 0.29) is 0 Å². The lowest BCUT2D eigenvalue weighted by Gasteiger charge is -2.09. The molecule has 4 heterocycles. The van der Waals surface area contributed by atoms with Crippen molar-refractivity contribution in [2.24, 2.45) is 7.05 Å². The van der Waals surface area contributed by atoms with Crippen molar-refractivity contribution in [2.45, 2.75) is 6.92 Å². The van der Waals surface area contributed by atoms with Crippen molar-refractivity contribution >= 4 is 49.4 Å². The number of para-hydroxylation sites is 1. The Balaban J connectivity index is 2.18. The number of hydrogen-bond acceptors (Lipinski definition) is 1. The summed E-state index contributed by atoms with van der Waals surface area (Å²) in [5, 5.41) is 3.68. The molecular formula is C21H15N2O+. The largest absolute Gasteiger partial charge is 0.453 e. The molecule has 114 valence electrons. The van der Waals surface area contributed by atoms with Gasteiger partial charge in [0.05, 0.1) is 16.4 Å². The SMILES string of the molecule is Cc1cccc2c1c1c3c(cc[n+]1C)oc1c4ccccc4n2c13. The van der Waals surface area contributed by atoms with Crippen LogP contribution in [-0.2, 0) is 7.05 Å². The van der Waals surface area contributed by atoms with Gasteiger partial charge in [-0.15, -0.1) is 0 Å². The Morgan fingerprint density at radius 3 is 2.67 bits per heavy atom. The minimum Gasteiger partial charge on any atom is -0.453 e. The highest BCUT2D eigenvalue weighted by Gasteiger charge is 2.26. The summed E-state index contributed by atoms with van der Waals surface area (Å²) in [6.07, 6.45) is 2.09. The lowest BCUT2D eigenvalue weighted by atomic mass is 10.0. The predicted octanol–water partition coefficient (Wildman–Crippen LogP) is 4.72. The first kappa shape index (κ1) is 12.4. The van der Waals surface area contributed by atoms with Gasteiger partial charge >= 0.3 is 0 Å². The second-order valence-corrected chi connectivity index (χ2v) is 6.62. The van der Waals surface area contributed by atoms with Crippen molar-refractivity contribution in [2.75, 3.05) is 0 Å². The van der Waals surface area contributed by atoms with E-state index in [0.29, 0.717) is 0 Å². The number of benzene rings is 2. The van der Waals surface area contributed by atoms with Crippen LogP contribution in [0, 0.1) is 6.92 Å². The van der Waals surface area contributed by atoms with E-state index in [4.69, 9.17) is 4.42 Å². The van der Waals surface area contributed by atoms with Crippen molar-refractivity contribution in [3.05, 3.63) is 60.3 Å². The third-order valence-electron chi connectivity index (χ3n) is 5.29. The average Bonchev–Trinajstić information content (AvgIpc) is 3.12. The van der Waals surface area contributed by atoms with E-state index >= 15 is 0 Å². The summed E-state index contributed by atoms with van der Waals surface area (Å²) in [6.45, 7) is 2.19. The summed E-state index contributed by atoms with van der Waals surface area (Å²) in [5.74, 6) is 0. The Bertz CT molecular complexity index is 1420. The van der Waals surface area contributed by atoms with E-state index in [2.05, 4.69) is 77.7 Å². The maximum absolute atomic E-state index is 6.30. The van der Waals surface area contributed by atoms with Gasteiger partial charge in [-0.2, -0.15) is 0 Å². The molecule has 6 rings (SSSR count). The van der Waals surface area contributed by atoms with Gasteiger partial charge in [-0.1, -0.05) is 24.3 Å². The van der Waals surface area contributed by atoms with Crippen LogP contribution in [0.15, 0.2) is 59.1 Å². The van der Waals surface area contributed by atoms with Crippen LogP contribution in [0.4, 0.5) is 0 Å². The quantitative estimate of drug-likeness (QED) is 0.294. The van der Waals surface area contributed by atoms with Crippen molar-refractivity contribution in [3.63, 3.8) is 0 Å². The molecule has 0 spiro atoms. The molecule has 3 nitrogen and oxygen atoms in total. The summed E-state index contributed by atoms with van der Waals surface area (Å²) >= 11 is 0. The Hall–Kier alpha value is -3.07. The Morgan fingerprint density at radius 1 is 0.917 bits per heavy atom. The number of aryl methyl sites for hydroxylation is 2. The fourth-order valence-corrected chi connectivity index (χ4v) is 4.29.